The monoisotopic (exact) mass is 355 g/mol. The number of aliphatic carboxylic acids is 1. The quantitative estimate of drug-likeness (QED) is 0.788. The van der Waals surface area contributed by atoms with Crippen molar-refractivity contribution >= 4 is 11.8 Å². The van der Waals surface area contributed by atoms with Gasteiger partial charge in [-0.05, 0) is 45.4 Å². The van der Waals surface area contributed by atoms with E-state index in [1.54, 1.807) is 12.4 Å². The van der Waals surface area contributed by atoms with E-state index in [1.807, 2.05) is 37.8 Å². The van der Waals surface area contributed by atoms with Crippen LogP contribution in [0.3, 0.4) is 0 Å². The molecule has 0 radical (unpaired) electrons. The molecule has 0 aliphatic heterocycles. The zero-order valence-corrected chi connectivity index (χ0v) is 15.4. The van der Waals surface area contributed by atoms with Crippen LogP contribution in [0, 0.1) is 13.8 Å². The second-order valence-corrected chi connectivity index (χ2v) is 6.77. The molecular formula is C19H25N5O2. The molecular weight excluding hydrogens is 330 g/mol. The number of hydrogen-bond donors (Lipinski definition) is 2. The van der Waals surface area contributed by atoms with E-state index in [-0.39, 0.29) is 6.54 Å². The van der Waals surface area contributed by atoms with Gasteiger partial charge in [-0.3, -0.25) is 14.7 Å². The molecule has 0 atom stereocenters. The van der Waals surface area contributed by atoms with Crippen LogP contribution >= 0.6 is 0 Å². The van der Waals surface area contributed by atoms with E-state index in [0.717, 1.165) is 42.0 Å². The minimum atomic E-state index is -0.772. The van der Waals surface area contributed by atoms with Gasteiger partial charge in [0.15, 0.2) is 5.82 Å². The van der Waals surface area contributed by atoms with E-state index in [2.05, 4.69) is 15.3 Å². The fourth-order valence-electron chi connectivity index (χ4n) is 3.26. The summed E-state index contributed by atoms with van der Waals surface area (Å²) in [7, 11) is 0. The van der Waals surface area contributed by atoms with E-state index >= 15 is 0 Å². The number of likely N-dealkylation sites (N-methyl/N-ethyl adjacent to an activating group) is 1. The van der Waals surface area contributed by atoms with Gasteiger partial charge in [0, 0.05) is 41.3 Å². The summed E-state index contributed by atoms with van der Waals surface area (Å²) in [4.78, 5) is 26.4. The smallest absolute Gasteiger partial charge is 0.317 e. The van der Waals surface area contributed by atoms with Crippen molar-refractivity contribution in [3.8, 4) is 11.4 Å². The van der Waals surface area contributed by atoms with Gasteiger partial charge in [0.1, 0.15) is 5.82 Å². The van der Waals surface area contributed by atoms with Gasteiger partial charge in [0.25, 0.3) is 0 Å². The standard InChI is InChI=1S/C19H25N5O2/c1-4-24(11-17(25)26)16-8-15(9-16)22-18-12(2)13(3)21-19(23-18)14-6-5-7-20-10-14/h5-7,10,15-16H,4,8-9,11H2,1-3H3,(H,25,26)(H,21,22,23). The summed E-state index contributed by atoms with van der Waals surface area (Å²) in [5, 5.41) is 12.5. The fourth-order valence-corrected chi connectivity index (χ4v) is 3.26. The fraction of sp³-hybridized carbons (Fsp3) is 0.474. The van der Waals surface area contributed by atoms with Gasteiger partial charge in [-0.25, -0.2) is 9.97 Å². The highest BCUT2D eigenvalue weighted by Gasteiger charge is 2.34. The molecule has 3 rings (SSSR count). The zero-order chi connectivity index (χ0) is 18.7. The molecule has 26 heavy (non-hydrogen) atoms. The third-order valence-corrected chi connectivity index (χ3v) is 5.02. The Morgan fingerprint density at radius 1 is 1.35 bits per heavy atom. The Morgan fingerprint density at radius 2 is 2.12 bits per heavy atom. The Bertz CT molecular complexity index is 775. The van der Waals surface area contributed by atoms with Crippen LogP contribution in [-0.2, 0) is 4.79 Å². The molecule has 0 aromatic carbocycles. The van der Waals surface area contributed by atoms with Crippen molar-refractivity contribution in [2.45, 2.75) is 45.7 Å². The number of carbonyl (C=O) groups is 1. The Hall–Kier alpha value is -2.54. The summed E-state index contributed by atoms with van der Waals surface area (Å²) in [6.45, 7) is 6.86. The van der Waals surface area contributed by atoms with Gasteiger partial charge in [0.2, 0.25) is 0 Å². The average molecular weight is 355 g/mol. The number of aromatic nitrogens is 3. The van der Waals surface area contributed by atoms with Crippen molar-refractivity contribution in [3.05, 3.63) is 35.8 Å². The first-order valence-corrected chi connectivity index (χ1v) is 8.96. The molecule has 0 saturated heterocycles. The first-order chi connectivity index (χ1) is 12.5. The summed E-state index contributed by atoms with van der Waals surface area (Å²) in [6.07, 6.45) is 5.34. The molecule has 2 heterocycles. The maximum Gasteiger partial charge on any atom is 0.317 e. The number of aryl methyl sites for hydroxylation is 1. The highest BCUT2D eigenvalue weighted by atomic mass is 16.4. The molecule has 1 fully saturated rings. The lowest BCUT2D eigenvalue weighted by Gasteiger charge is -2.42. The van der Waals surface area contributed by atoms with E-state index < -0.39 is 5.97 Å². The first kappa shape index (κ1) is 18.3. The number of anilines is 1. The molecule has 7 heteroatoms. The molecule has 0 unspecified atom stereocenters. The van der Waals surface area contributed by atoms with Gasteiger partial charge in [-0.2, -0.15) is 0 Å². The molecule has 0 amide bonds. The van der Waals surface area contributed by atoms with Gasteiger partial charge >= 0.3 is 5.97 Å². The molecule has 1 aliphatic rings. The molecule has 0 spiro atoms. The second-order valence-electron chi connectivity index (χ2n) is 6.77. The van der Waals surface area contributed by atoms with Crippen LogP contribution in [0.5, 0.6) is 0 Å². The molecule has 7 nitrogen and oxygen atoms in total. The van der Waals surface area contributed by atoms with Crippen LogP contribution in [0.15, 0.2) is 24.5 Å². The molecule has 1 saturated carbocycles. The van der Waals surface area contributed by atoms with Crippen LogP contribution in [0.1, 0.15) is 31.0 Å². The molecule has 138 valence electrons. The predicted molar refractivity (Wildman–Crippen MR) is 100 cm³/mol. The molecule has 2 N–H and O–H groups in total. The van der Waals surface area contributed by atoms with Crippen LogP contribution < -0.4 is 5.32 Å². The Balaban J connectivity index is 1.69. The van der Waals surface area contributed by atoms with Crippen LogP contribution in [0.25, 0.3) is 11.4 Å². The average Bonchev–Trinajstić information content (AvgIpc) is 2.60. The summed E-state index contributed by atoms with van der Waals surface area (Å²) >= 11 is 0. The second kappa shape index (κ2) is 7.78. The number of hydrogen-bond acceptors (Lipinski definition) is 6. The zero-order valence-electron chi connectivity index (χ0n) is 15.4. The lowest BCUT2D eigenvalue weighted by Crippen LogP contribution is -2.51. The lowest BCUT2D eigenvalue weighted by molar-refractivity contribution is -0.139. The van der Waals surface area contributed by atoms with Gasteiger partial charge in [-0.1, -0.05) is 6.92 Å². The van der Waals surface area contributed by atoms with Crippen LogP contribution in [-0.4, -0.2) is 56.1 Å². The largest absolute Gasteiger partial charge is 0.480 e. The highest BCUT2D eigenvalue weighted by Crippen LogP contribution is 2.30. The minimum Gasteiger partial charge on any atom is -0.480 e. The third kappa shape index (κ3) is 3.99. The van der Waals surface area contributed by atoms with Gasteiger partial charge in [0.05, 0.1) is 6.54 Å². The van der Waals surface area contributed by atoms with Gasteiger partial charge < -0.3 is 10.4 Å². The molecule has 1 aliphatic carbocycles. The van der Waals surface area contributed by atoms with Crippen molar-refractivity contribution in [1.29, 1.82) is 0 Å². The number of carboxylic acids is 1. The molecule has 2 aromatic heterocycles. The van der Waals surface area contributed by atoms with Crippen LogP contribution in [0.2, 0.25) is 0 Å². The number of nitrogens with one attached hydrogen (secondary N) is 1. The first-order valence-electron chi connectivity index (χ1n) is 8.96. The Morgan fingerprint density at radius 3 is 2.73 bits per heavy atom. The number of nitrogens with zero attached hydrogens (tertiary/aromatic N) is 4. The lowest BCUT2D eigenvalue weighted by atomic mass is 9.85. The van der Waals surface area contributed by atoms with Crippen LogP contribution in [0.4, 0.5) is 5.82 Å². The SMILES string of the molecule is CCN(CC(=O)O)C1CC(Nc2nc(-c3cccnc3)nc(C)c2C)C1. The summed E-state index contributed by atoms with van der Waals surface area (Å²) in [5.41, 5.74) is 2.88. The van der Waals surface area contributed by atoms with E-state index in [4.69, 9.17) is 10.1 Å². The maximum atomic E-state index is 11.0. The Kier molecular flexibility index (Phi) is 5.46. The number of rotatable bonds is 7. The number of carboxylic acid groups (broad SMARTS) is 1. The third-order valence-electron chi connectivity index (χ3n) is 5.02. The van der Waals surface area contributed by atoms with Crippen molar-refractivity contribution in [2.24, 2.45) is 0 Å². The normalized spacial score (nSPS) is 19.2. The van der Waals surface area contributed by atoms with Crippen molar-refractivity contribution in [3.63, 3.8) is 0 Å². The summed E-state index contributed by atoms with van der Waals surface area (Å²) in [6, 6.07) is 4.44. The Labute approximate surface area is 153 Å². The highest BCUT2D eigenvalue weighted by molar-refractivity contribution is 5.69. The van der Waals surface area contributed by atoms with Crippen molar-refractivity contribution in [2.75, 3.05) is 18.4 Å². The van der Waals surface area contributed by atoms with E-state index in [9.17, 15) is 4.79 Å². The summed E-state index contributed by atoms with van der Waals surface area (Å²) < 4.78 is 0. The molecule has 2 aromatic rings. The van der Waals surface area contributed by atoms with Gasteiger partial charge in [-0.15, -0.1) is 0 Å². The maximum absolute atomic E-state index is 11.0. The number of pyridine rings is 1. The van der Waals surface area contributed by atoms with Crippen molar-refractivity contribution < 1.29 is 9.90 Å². The minimum absolute atomic E-state index is 0.102. The van der Waals surface area contributed by atoms with E-state index in [0.29, 0.717) is 17.9 Å². The van der Waals surface area contributed by atoms with E-state index in [1.165, 1.54) is 0 Å². The predicted octanol–water partition coefficient (Wildman–Crippen LogP) is 2.50. The van der Waals surface area contributed by atoms with Crippen molar-refractivity contribution in [1.82, 2.24) is 19.9 Å². The topological polar surface area (TPSA) is 91.2 Å². The summed E-state index contributed by atoms with van der Waals surface area (Å²) in [5.74, 6) is 0.744. The molecule has 0 bridgehead atoms.